The first kappa shape index (κ1) is 10.1. The van der Waals surface area contributed by atoms with Crippen LogP contribution in [0.15, 0.2) is 11.6 Å². The molecule has 0 amide bonds. The van der Waals surface area contributed by atoms with Crippen molar-refractivity contribution >= 4 is 11.3 Å². The molecule has 3 atom stereocenters. The van der Waals surface area contributed by atoms with Crippen LogP contribution in [0.3, 0.4) is 0 Å². The number of nitrogens with zero attached hydrogens (tertiary/aromatic N) is 1. The highest BCUT2D eigenvalue weighted by Gasteiger charge is 2.30. The molecule has 3 nitrogen and oxygen atoms in total. The van der Waals surface area contributed by atoms with Crippen LogP contribution in [-0.4, -0.2) is 28.9 Å². The summed E-state index contributed by atoms with van der Waals surface area (Å²) in [5.74, 6) is 0.277. The van der Waals surface area contributed by atoms with Gasteiger partial charge in [0.15, 0.2) is 0 Å². The van der Waals surface area contributed by atoms with Crippen molar-refractivity contribution in [2.24, 2.45) is 5.92 Å². The van der Waals surface area contributed by atoms with Crippen molar-refractivity contribution in [3.8, 4) is 0 Å². The van der Waals surface area contributed by atoms with Gasteiger partial charge < -0.3 is 9.84 Å². The van der Waals surface area contributed by atoms with Crippen molar-refractivity contribution in [1.29, 1.82) is 0 Å². The average molecular weight is 213 g/mol. The van der Waals surface area contributed by atoms with Gasteiger partial charge in [0.05, 0.1) is 17.2 Å². The standard InChI is InChI=1S/C10H15NO2S/c1-7-8(2-4-13-7)9(12)6-10-11-3-5-14-10/h3,5,7-9,12H,2,4,6H2,1H3. The van der Waals surface area contributed by atoms with Gasteiger partial charge in [0.2, 0.25) is 0 Å². The number of thiazole rings is 1. The second kappa shape index (κ2) is 4.38. The topological polar surface area (TPSA) is 42.4 Å². The molecule has 1 saturated heterocycles. The van der Waals surface area contributed by atoms with E-state index < -0.39 is 0 Å². The Morgan fingerprint density at radius 3 is 3.21 bits per heavy atom. The van der Waals surface area contributed by atoms with Crippen LogP contribution in [0.4, 0.5) is 0 Å². The zero-order valence-electron chi connectivity index (χ0n) is 8.22. The summed E-state index contributed by atoms with van der Waals surface area (Å²) in [5.41, 5.74) is 0. The SMILES string of the molecule is CC1OCCC1C(O)Cc1nccs1. The Bertz CT molecular complexity index is 276. The highest BCUT2D eigenvalue weighted by molar-refractivity contribution is 7.09. The summed E-state index contributed by atoms with van der Waals surface area (Å²) in [6.07, 6.45) is 3.29. The molecule has 2 rings (SSSR count). The molecule has 0 spiro atoms. The van der Waals surface area contributed by atoms with Gasteiger partial charge in [-0.2, -0.15) is 0 Å². The van der Waals surface area contributed by atoms with Crippen LogP contribution in [-0.2, 0) is 11.2 Å². The predicted octanol–water partition coefficient (Wildman–Crippen LogP) is 1.47. The lowest BCUT2D eigenvalue weighted by atomic mass is 9.94. The van der Waals surface area contributed by atoms with E-state index in [1.165, 1.54) is 0 Å². The van der Waals surface area contributed by atoms with Crippen LogP contribution in [0.2, 0.25) is 0 Å². The summed E-state index contributed by atoms with van der Waals surface area (Å²) in [6.45, 7) is 2.81. The molecule has 0 radical (unpaired) electrons. The Labute approximate surface area is 87.7 Å². The molecular weight excluding hydrogens is 198 g/mol. The molecule has 14 heavy (non-hydrogen) atoms. The normalized spacial score (nSPS) is 29.3. The second-order valence-corrected chi connectivity index (χ2v) is 4.70. The van der Waals surface area contributed by atoms with E-state index in [4.69, 9.17) is 4.74 Å². The van der Waals surface area contributed by atoms with Crippen molar-refractivity contribution in [1.82, 2.24) is 4.98 Å². The van der Waals surface area contributed by atoms with Crippen molar-refractivity contribution in [2.75, 3.05) is 6.61 Å². The first-order valence-electron chi connectivity index (χ1n) is 4.95. The largest absolute Gasteiger partial charge is 0.392 e. The molecule has 1 aromatic heterocycles. The Morgan fingerprint density at radius 2 is 2.64 bits per heavy atom. The van der Waals surface area contributed by atoms with Crippen LogP contribution in [0.1, 0.15) is 18.4 Å². The maximum atomic E-state index is 9.98. The number of hydrogen-bond donors (Lipinski definition) is 1. The van der Waals surface area contributed by atoms with E-state index in [0.717, 1.165) is 18.0 Å². The maximum absolute atomic E-state index is 9.98. The maximum Gasteiger partial charge on any atom is 0.0950 e. The minimum Gasteiger partial charge on any atom is -0.392 e. The predicted molar refractivity (Wildman–Crippen MR) is 55.3 cm³/mol. The smallest absolute Gasteiger partial charge is 0.0950 e. The molecule has 1 N–H and O–H groups in total. The molecule has 0 aromatic carbocycles. The van der Waals surface area contributed by atoms with E-state index >= 15 is 0 Å². The van der Waals surface area contributed by atoms with E-state index in [9.17, 15) is 5.11 Å². The first-order valence-corrected chi connectivity index (χ1v) is 5.83. The number of aliphatic hydroxyl groups is 1. The summed E-state index contributed by atoms with van der Waals surface area (Å²) in [7, 11) is 0. The summed E-state index contributed by atoms with van der Waals surface area (Å²) >= 11 is 1.60. The van der Waals surface area contributed by atoms with Gasteiger partial charge in [0, 0.05) is 30.5 Å². The van der Waals surface area contributed by atoms with Crippen LogP contribution in [0, 0.1) is 5.92 Å². The van der Waals surface area contributed by atoms with Gasteiger partial charge in [-0.05, 0) is 13.3 Å². The van der Waals surface area contributed by atoms with E-state index in [1.807, 2.05) is 12.3 Å². The van der Waals surface area contributed by atoms with E-state index in [-0.39, 0.29) is 18.1 Å². The number of ether oxygens (including phenoxy) is 1. The fourth-order valence-corrected chi connectivity index (χ4v) is 2.61. The summed E-state index contributed by atoms with van der Waals surface area (Å²) in [4.78, 5) is 4.17. The number of rotatable bonds is 3. The minimum absolute atomic E-state index is 0.185. The van der Waals surface area contributed by atoms with Crippen molar-refractivity contribution in [3.63, 3.8) is 0 Å². The third kappa shape index (κ3) is 2.13. The third-order valence-corrected chi connectivity index (χ3v) is 3.60. The molecule has 1 aromatic rings. The highest BCUT2D eigenvalue weighted by atomic mass is 32.1. The fraction of sp³-hybridized carbons (Fsp3) is 0.700. The van der Waals surface area contributed by atoms with Crippen LogP contribution in [0.5, 0.6) is 0 Å². The number of hydrogen-bond acceptors (Lipinski definition) is 4. The van der Waals surface area contributed by atoms with Gasteiger partial charge in [-0.1, -0.05) is 0 Å². The van der Waals surface area contributed by atoms with E-state index in [1.54, 1.807) is 17.5 Å². The zero-order valence-corrected chi connectivity index (χ0v) is 9.04. The molecule has 1 aliphatic heterocycles. The zero-order chi connectivity index (χ0) is 9.97. The lowest BCUT2D eigenvalue weighted by Gasteiger charge is -2.19. The van der Waals surface area contributed by atoms with Crippen molar-refractivity contribution in [2.45, 2.75) is 32.0 Å². The molecule has 4 heteroatoms. The highest BCUT2D eigenvalue weighted by Crippen LogP contribution is 2.26. The summed E-state index contributed by atoms with van der Waals surface area (Å²) < 4.78 is 5.43. The summed E-state index contributed by atoms with van der Waals surface area (Å²) in [6, 6.07) is 0. The van der Waals surface area contributed by atoms with Crippen LogP contribution < -0.4 is 0 Å². The minimum atomic E-state index is -0.307. The molecule has 1 aliphatic rings. The molecule has 1 fully saturated rings. The molecule has 2 heterocycles. The lowest BCUT2D eigenvalue weighted by Crippen LogP contribution is -2.28. The number of aromatic nitrogens is 1. The van der Waals surface area contributed by atoms with Crippen molar-refractivity contribution in [3.05, 3.63) is 16.6 Å². The number of aliphatic hydroxyl groups excluding tert-OH is 1. The molecule has 78 valence electrons. The lowest BCUT2D eigenvalue weighted by molar-refractivity contribution is 0.0440. The van der Waals surface area contributed by atoms with Gasteiger partial charge in [-0.25, -0.2) is 4.98 Å². The molecule has 3 unspecified atom stereocenters. The first-order chi connectivity index (χ1) is 6.77. The van der Waals surface area contributed by atoms with Gasteiger partial charge >= 0.3 is 0 Å². The average Bonchev–Trinajstić information content (AvgIpc) is 2.75. The van der Waals surface area contributed by atoms with Gasteiger partial charge in [-0.3, -0.25) is 0 Å². The fourth-order valence-electron chi connectivity index (χ4n) is 1.94. The van der Waals surface area contributed by atoms with Gasteiger partial charge in [0.25, 0.3) is 0 Å². The Balaban J connectivity index is 1.92. The Hall–Kier alpha value is -0.450. The van der Waals surface area contributed by atoms with E-state index in [0.29, 0.717) is 6.42 Å². The quantitative estimate of drug-likeness (QED) is 0.826. The van der Waals surface area contributed by atoms with Gasteiger partial charge in [0.1, 0.15) is 0 Å². The van der Waals surface area contributed by atoms with Gasteiger partial charge in [-0.15, -0.1) is 11.3 Å². The third-order valence-electron chi connectivity index (χ3n) is 2.80. The Morgan fingerprint density at radius 1 is 1.79 bits per heavy atom. The second-order valence-electron chi connectivity index (χ2n) is 3.73. The molecular formula is C10H15NO2S. The molecule has 0 bridgehead atoms. The molecule has 0 aliphatic carbocycles. The van der Waals surface area contributed by atoms with Crippen molar-refractivity contribution < 1.29 is 9.84 Å². The van der Waals surface area contributed by atoms with E-state index in [2.05, 4.69) is 4.98 Å². The van der Waals surface area contributed by atoms with Crippen LogP contribution in [0.25, 0.3) is 0 Å². The Kier molecular flexibility index (Phi) is 3.15. The summed E-state index contributed by atoms with van der Waals surface area (Å²) in [5, 5.41) is 12.9. The monoisotopic (exact) mass is 213 g/mol. The molecule has 0 saturated carbocycles. The van der Waals surface area contributed by atoms with Crippen LogP contribution >= 0.6 is 11.3 Å².